The van der Waals surface area contributed by atoms with Crippen LogP contribution in [-0.2, 0) is 4.74 Å². The Morgan fingerprint density at radius 1 is 1.67 bits per heavy atom. The second kappa shape index (κ2) is 4.69. The summed E-state index contributed by atoms with van der Waals surface area (Å²) in [5, 5.41) is 3.99. The number of hydrogen-bond donors (Lipinski definition) is 2. The van der Waals surface area contributed by atoms with Gasteiger partial charge in [-0.1, -0.05) is 4.49 Å². The quantitative estimate of drug-likeness (QED) is 0.595. The Kier molecular flexibility index (Phi) is 3.30. The number of hydrogen-bond acceptors (Lipinski definition) is 6. The molecule has 1 aliphatic rings. The second-order valence-corrected chi connectivity index (χ2v) is 4.28. The molecule has 6 heteroatoms. The fraction of sp³-hybridized carbons (Fsp3) is 0.556. The first-order chi connectivity index (χ1) is 7.33. The van der Waals surface area contributed by atoms with Crippen molar-refractivity contribution in [2.75, 3.05) is 6.61 Å². The molecule has 0 spiro atoms. The number of aryl methyl sites for hydroxylation is 1. The van der Waals surface area contributed by atoms with Crippen molar-refractivity contribution in [3.63, 3.8) is 0 Å². The van der Waals surface area contributed by atoms with Crippen molar-refractivity contribution >= 4 is 11.5 Å². The average Bonchev–Trinajstić information content (AvgIpc) is 2.68. The summed E-state index contributed by atoms with van der Waals surface area (Å²) in [6.07, 6.45) is 3.84. The van der Waals surface area contributed by atoms with Gasteiger partial charge in [0.15, 0.2) is 0 Å². The molecule has 2 heterocycles. The highest BCUT2D eigenvalue weighted by molar-refractivity contribution is 7.05. The van der Waals surface area contributed by atoms with Gasteiger partial charge in [0, 0.05) is 0 Å². The van der Waals surface area contributed by atoms with E-state index in [1.54, 1.807) is 6.26 Å². The van der Waals surface area contributed by atoms with E-state index in [0.717, 1.165) is 35.6 Å². The second-order valence-electron chi connectivity index (χ2n) is 3.49. The van der Waals surface area contributed by atoms with Crippen LogP contribution in [0, 0.1) is 6.92 Å². The van der Waals surface area contributed by atoms with Gasteiger partial charge < -0.3 is 4.74 Å². The lowest BCUT2D eigenvalue weighted by atomic mass is 10.0. The molecule has 0 aromatic carbocycles. The van der Waals surface area contributed by atoms with Crippen LogP contribution >= 0.6 is 11.5 Å². The van der Waals surface area contributed by atoms with Crippen LogP contribution in [0.3, 0.4) is 0 Å². The smallest absolute Gasteiger partial charge is 0.0876 e. The van der Waals surface area contributed by atoms with E-state index >= 15 is 0 Å². The van der Waals surface area contributed by atoms with Crippen LogP contribution in [-0.4, -0.2) is 16.2 Å². The number of nitrogens with one attached hydrogen (secondary N) is 1. The lowest BCUT2D eigenvalue weighted by Gasteiger charge is -2.21. The van der Waals surface area contributed by atoms with Crippen LogP contribution in [0.1, 0.15) is 29.5 Å². The summed E-state index contributed by atoms with van der Waals surface area (Å²) in [4.78, 5) is 1.06. The molecule has 0 bridgehead atoms. The summed E-state index contributed by atoms with van der Waals surface area (Å²) in [6, 6.07) is -0.00898. The summed E-state index contributed by atoms with van der Waals surface area (Å²) in [5.74, 6) is 5.57. The Morgan fingerprint density at radius 2 is 2.53 bits per heavy atom. The molecule has 1 aliphatic heterocycles. The SMILES string of the molecule is Cc1nnsc1C(NN)C1=COCCC1. The molecule has 0 radical (unpaired) electrons. The highest BCUT2D eigenvalue weighted by Crippen LogP contribution is 2.30. The molecule has 2 rings (SSSR count). The van der Waals surface area contributed by atoms with Crippen molar-refractivity contribution in [3.05, 3.63) is 22.4 Å². The van der Waals surface area contributed by atoms with Gasteiger partial charge in [-0.2, -0.15) is 0 Å². The minimum Gasteiger partial charge on any atom is -0.501 e. The minimum absolute atomic E-state index is 0.00898. The first-order valence-electron chi connectivity index (χ1n) is 4.88. The molecule has 1 aromatic heterocycles. The van der Waals surface area contributed by atoms with Gasteiger partial charge in [0.2, 0.25) is 0 Å². The molecule has 1 aromatic rings. The van der Waals surface area contributed by atoms with Crippen molar-refractivity contribution in [3.8, 4) is 0 Å². The van der Waals surface area contributed by atoms with Gasteiger partial charge in [-0.25, -0.2) is 5.43 Å². The molecule has 0 fully saturated rings. The van der Waals surface area contributed by atoms with E-state index in [2.05, 4.69) is 15.0 Å². The van der Waals surface area contributed by atoms with Gasteiger partial charge in [0.25, 0.3) is 0 Å². The lowest BCUT2D eigenvalue weighted by Crippen LogP contribution is -2.30. The summed E-state index contributed by atoms with van der Waals surface area (Å²) >= 11 is 1.38. The van der Waals surface area contributed by atoms with Gasteiger partial charge in [-0.3, -0.25) is 5.84 Å². The van der Waals surface area contributed by atoms with Crippen LogP contribution in [0.2, 0.25) is 0 Å². The van der Waals surface area contributed by atoms with Crippen molar-refractivity contribution in [2.45, 2.75) is 25.8 Å². The maximum absolute atomic E-state index is 5.57. The predicted octanol–water partition coefficient (Wildman–Crippen LogP) is 1.05. The first kappa shape index (κ1) is 10.5. The zero-order valence-electron chi connectivity index (χ0n) is 8.56. The van der Waals surface area contributed by atoms with Gasteiger partial charge in [0.1, 0.15) is 0 Å². The third kappa shape index (κ3) is 2.17. The Balaban J connectivity index is 2.24. The first-order valence-corrected chi connectivity index (χ1v) is 5.66. The predicted molar refractivity (Wildman–Crippen MR) is 58.0 cm³/mol. The minimum atomic E-state index is -0.00898. The van der Waals surface area contributed by atoms with E-state index in [-0.39, 0.29) is 6.04 Å². The third-order valence-electron chi connectivity index (χ3n) is 2.45. The summed E-state index contributed by atoms with van der Waals surface area (Å²) in [5.41, 5.74) is 4.89. The van der Waals surface area contributed by atoms with Crippen LogP contribution in [0.5, 0.6) is 0 Å². The van der Waals surface area contributed by atoms with Crippen molar-refractivity contribution in [2.24, 2.45) is 5.84 Å². The van der Waals surface area contributed by atoms with E-state index in [1.165, 1.54) is 11.5 Å². The van der Waals surface area contributed by atoms with E-state index < -0.39 is 0 Å². The van der Waals surface area contributed by atoms with E-state index in [0.29, 0.717) is 0 Å². The van der Waals surface area contributed by atoms with Gasteiger partial charge >= 0.3 is 0 Å². The number of ether oxygens (including phenoxy) is 1. The normalized spacial score (nSPS) is 18.1. The van der Waals surface area contributed by atoms with Gasteiger partial charge in [-0.05, 0) is 36.9 Å². The Hall–Kier alpha value is -0.980. The fourth-order valence-corrected chi connectivity index (χ4v) is 2.40. The molecule has 0 saturated heterocycles. The Morgan fingerprint density at radius 3 is 3.07 bits per heavy atom. The molecule has 82 valence electrons. The molecule has 1 atom stereocenters. The van der Waals surface area contributed by atoms with Crippen LogP contribution in [0.25, 0.3) is 0 Å². The van der Waals surface area contributed by atoms with Crippen molar-refractivity contribution in [1.29, 1.82) is 0 Å². The number of rotatable bonds is 3. The summed E-state index contributed by atoms with van der Waals surface area (Å²) in [7, 11) is 0. The van der Waals surface area contributed by atoms with E-state index in [1.807, 2.05) is 6.92 Å². The standard InChI is InChI=1S/C9H14N4OS/c1-6-9(15-13-12-6)8(11-10)7-3-2-4-14-5-7/h5,8,11H,2-4,10H2,1H3. The Labute approximate surface area is 92.5 Å². The van der Waals surface area contributed by atoms with Crippen molar-refractivity contribution < 1.29 is 4.74 Å². The van der Waals surface area contributed by atoms with Crippen LogP contribution in [0.4, 0.5) is 0 Å². The highest BCUT2D eigenvalue weighted by Gasteiger charge is 2.21. The highest BCUT2D eigenvalue weighted by atomic mass is 32.1. The zero-order valence-corrected chi connectivity index (χ0v) is 9.38. The molecule has 5 nitrogen and oxygen atoms in total. The fourth-order valence-electron chi connectivity index (χ4n) is 1.65. The molecule has 1 unspecified atom stereocenters. The summed E-state index contributed by atoms with van der Waals surface area (Å²) < 4.78 is 9.22. The molecular weight excluding hydrogens is 212 g/mol. The number of aromatic nitrogens is 2. The largest absolute Gasteiger partial charge is 0.501 e. The molecule has 3 N–H and O–H groups in total. The monoisotopic (exact) mass is 226 g/mol. The molecule has 0 saturated carbocycles. The maximum Gasteiger partial charge on any atom is 0.0876 e. The van der Waals surface area contributed by atoms with Gasteiger partial charge in [0.05, 0.1) is 29.5 Å². The van der Waals surface area contributed by atoms with Crippen LogP contribution < -0.4 is 11.3 Å². The number of nitrogens with zero attached hydrogens (tertiary/aromatic N) is 2. The molecular formula is C9H14N4OS. The zero-order chi connectivity index (χ0) is 10.7. The average molecular weight is 226 g/mol. The third-order valence-corrected chi connectivity index (χ3v) is 3.34. The number of hydrazine groups is 1. The topological polar surface area (TPSA) is 73.1 Å². The number of nitrogens with two attached hydrogens (primary N) is 1. The molecule has 15 heavy (non-hydrogen) atoms. The Bertz CT molecular complexity index is 363. The van der Waals surface area contributed by atoms with Crippen LogP contribution in [0.15, 0.2) is 11.8 Å². The van der Waals surface area contributed by atoms with Gasteiger partial charge in [-0.15, -0.1) is 5.10 Å². The lowest BCUT2D eigenvalue weighted by molar-refractivity contribution is 0.219. The van der Waals surface area contributed by atoms with E-state index in [4.69, 9.17) is 10.6 Å². The van der Waals surface area contributed by atoms with Crippen molar-refractivity contribution in [1.82, 2.24) is 15.0 Å². The van der Waals surface area contributed by atoms with E-state index in [9.17, 15) is 0 Å². The summed E-state index contributed by atoms with van der Waals surface area (Å²) in [6.45, 7) is 2.73. The molecule has 0 aliphatic carbocycles. The molecule has 0 amide bonds. The maximum atomic E-state index is 5.57.